The molecule has 0 aromatic carbocycles. The molecular formula is C16H22N4S. The molecule has 1 unspecified atom stereocenters. The number of thiophene rings is 1. The molecule has 5 heteroatoms. The second-order valence-electron chi connectivity index (χ2n) is 5.60. The van der Waals surface area contributed by atoms with Crippen LogP contribution in [0.3, 0.4) is 0 Å². The van der Waals surface area contributed by atoms with Crippen molar-refractivity contribution in [1.82, 2.24) is 15.5 Å². The van der Waals surface area contributed by atoms with Gasteiger partial charge in [-0.25, -0.2) is 0 Å². The molecule has 3 rings (SSSR count). The highest BCUT2D eigenvalue weighted by Crippen LogP contribution is 2.17. The van der Waals surface area contributed by atoms with Gasteiger partial charge < -0.3 is 10.2 Å². The highest BCUT2D eigenvalue weighted by molar-refractivity contribution is 7.09. The van der Waals surface area contributed by atoms with Crippen molar-refractivity contribution < 1.29 is 0 Å². The quantitative estimate of drug-likeness (QED) is 0.922. The van der Waals surface area contributed by atoms with Crippen LogP contribution in [0.4, 0.5) is 5.82 Å². The smallest absolute Gasteiger partial charge is 0.151 e. The normalized spacial score (nSPS) is 18.9. The molecule has 4 nitrogen and oxygen atoms in total. The zero-order chi connectivity index (χ0) is 14.5. The number of hydrogen-bond acceptors (Lipinski definition) is 5. The molecule has 1 saturated heterocycles. The van der Waals surface area contributed by atoms with Crippen LogP contribution in [0, 0.1) is 6.92 Å². The standard InChI is InChI=1S/C16H22N4S/c1-13-6-7-16(19-18-13)20-10-2-4-14(12-20)17-9-8-15-5-3-11-21-15/h3,5-7,11,14,17H,2,4,8-10,12H2,1H3. The Balaban J connectivity index is 1.49. The van der Waals surface area contributed by atoms with Gasteiger partial charge in [-0.15, -0.1) is 16.4 Å². The summed E-state index contributed by atoms with van der Waals surface area (Å²) in [6.07, 6.45) is 3.59. The molecular weight excluding hydrogens is 280 g/mol. The fourth-order valence-corrected chi connectivity index (χ4v) is 3.48. The van der Waals surface area contributed by atoms with E-state index < -0.39 is 0 Å². The second-order valence-corrected chi connectivity index (χ2v) is 6.63. The monoisotopic (exact) mass is 302 g/mol. The van der Waals surface area contributed by atoms with Crippen LogP contribution in [0.25, 0.3) is 0 Å². The molecule has 0 radical (unpaired) electrons. The van der Waals surface area contributed by atoms with Gasteiger partial charge in [0.1, 0.15) is 0 Å². The Bertz CT molecular complexity index is 538. The van der Waals surface area contributed by atoms with Gasteiger partial charge in [0, 0.05) is 30.6 Å². The summed E-state index contributed by atoms with van der Waals surface area (Å²) in [5.74, 6) is 1.00. The van der Waals surface area contributed by atoms with Crippen LogP contribution in [0.5, 0.6) is 0 Å². The third-order valence-electron chi connectivity index (χ3n) is 3.91. The number of anilines is 1. The maximum atomic E-state index is 4.31. The van der Waals surface area contributed by atoms with Gasteiger partial charge in [0.05, 0.1) is 5.69 Å². The van der Waals surface area contributed by atoms with E-state index in [0.29, 0.717) is 6.04 Å². The number of piperidine rings is 1. The Morgan fingerprint density at radius 2 is 2.29 bits per heavy atom. The molecule has 0 aliphatic carbocycles. The fraction of sp³-hybridized carbons (Fsp3) is 0.500. The summed E-state index contributed by atoms with van der Waals surface area (Å²) in [5.41, 5.74) is 0.974. The number of nitrogens with zero attached hydrogens (tertiary/aromatic N) is 3. The minimum atomic E-state index is 0.557. The van der Waals surface area contributed by atoms with Gasteiger partial charge in [-0.1, -0.05) is 6.07 Å². The fourth-order valence-electron chi connectivity index (χ4n) is 2.77. The molecule has 0 spiro atoms. The molecule has 2 aromatic rings. The zero-order valence-corrected chi connectivity index (χ0v) is 13.3. The molecule has 2 aromatic heterocycles. The molecule has 112 valence electrons. The van der Waals surface area contributed by atoms with Crippen molar-refractivity contribution in [3.05, 3.63) is 40.2 Å². The zero-order valence-electron chi connectivity index (χ0n) is 12.5. The molecule has 0 saturated carbocycles. The number of aryl methyl sites for hydroxylation is 1. The van der Waals surface area contributed by atoms with Crippen molar-refractivity contribution in [3.8, 4) is 0 Å². The molecule has 3 heterocycles. The summed E-state index contributed by atoms with van der Waals surface area (Å²) in [4.78, 5) is 3.80. The molecule has 1 fully saturated rings. The first-order valence-corrected chi connectivity index (χ1v) is 8.50. The van der Waals surface area contributed by atoms with Crippen molar-refractivity contribution in [1.29, 1.82) is 0 Å². The van der Waals surface area contributed by atoms with Crippen LogP contribution in [0.15, 0.2) is 29.6 Å². The van der Waals surface area contributed by atoms with Crippen molar-refractivity contribution >= 4 is 17.2 Å². The summed E-state index contributed by atoms with van der Waals surface area (Å²) in [6.45, 7) is 5.14. The Labute approximate surface area is 130 Å². The van der Waals surface area contributed by atoms with E-state index in [0.717, 1.165) is 37.6 Å². The minimum absolute atomic E-state index is 0.557. The summed E-state index contributed by atoms with van der Waals surface area (Å²) in [6, 6.07) is 9.01. The third-order valence-corrected chi connectivity index (χ3v) is 4.85. The number of hydrogen-bond donors (Lipinski definition) is 1. The summed E-state index contributed by atoms with van der Waals surface area (Å²) >= 11 is 1.84. The Kier molecular flexibility index (Phi) is 4.83. The first kappa shape index (κ1) is 14.5. The van der Waals surface area contributed by atoms with Gasteiger partial charge >= 0.3 is 0 Å². The topological polar surface area (TPSA) is 41.0 Å². The van der Waals surface area contributed by atoms with Gasteiger partial charge in [-0.05, 0) is 49.8 Å². The van der Waals surface area contributed by atoms with Crippen LogP contribution in [-0.2, 0) is 6.42 Å². The highest BCUT2D eigenvalue weighted by atomic mass is 32.1. The van der Waals surface area contributed by atoms with Crippen molar-refractivity contribution in [2.75, 3.05) is 24.5 Å². The van der Waals surface area contributed by atoms with Gasteiger partial charge in [0.25, 0.3) is 0 Å². The SMILES string of the molecule is Cc1ccc(N2CCCC(NCCc3cccs3)C2)nn1. The van der Waals surface area contributed by atoms with Crippen LogP contribution in [0.1, 0.15) is 23.4 Å². The first-order chi connectivity index (χ1) is 10.3. The van der Waals surface area contributed by atoms with Gasteiger partial charge in [0.15, 0.2) is 5.82 Å². The molecule has 0 amide bonds. The van der Waals surface area contributed by atoms with Crippen LogP contribution in [-0.4, -0.2) is 35.9 Å². The van der Waals surface area contributed by atoms with E-state index in [1.165, 1.54) is 17.7 Å². The number of aromatic nitrogens is 2. The average molecular weight is 302 g/mol. The van der Waals surface area contributed by atoms with E-state index in [9.17, 15) is 0 Å². The molecule has 0 bridgehead atoms. The average Bonchev–Trinajstić information content (AvgIpc) is 3.02. The summed E-state index contributed by atoms with van der Waals surface area (Å²) < 4.78 is 0. The van der Waals surface area contributed by atoms with E-state index in [4.69, 9.17) is 0 Å². The minimum Gasteiger partial charge on any atom is -0.354 e. The maximum absolute atomic E-state index is 4.31. The van der Waals surface area contributed by atoms with Crippen LogP contribution >= 0.6 is 11.3 Å². The second kappa shape index (κ2) is 7.00. The molecule has 1 aliphatic rings. The lowest BCUT2D eigenvalue weighted by Crippen LogP contribution is -2.46. The Morgan fingerprint density at radius 1 is 1.33 bits per heavy atom. The molecule has 21 heavy (non-hydrogen) atoms. The third kappa shape index (κ3) is 4.02. The van der Waals surface area contributed by atoms with E-state index in [1.54, 1.807) is 0 Å². The Morgan fingerprint density at radius 3 is 3.05 bits per heavy atom. The van der Waals surface area contributed by atoms with Gasteiger partial charge in [-0.2, -0.15) is 5.10 Å². The lowest BCUT2D eigenvalue weighted by molar-refractivity contribution is 0.423. The highest BCUT2D eigenvalue weighted by Gasteiger charge is 2.20. The van der Waals surface area contributed by atoms with Crippen LogP contribution in [0.2, 0.25) is 0 Å². The lowest BCUT2D eigenvalue weighted by atomic mass is 10.1. The van der Waals surface area contributed by atoms with Crippen molar-refractivity contribution in [2.45, 2.75) is 32.2 Å². The van der Waals surface area contributed by atoms with E-state index in [-0.39, 0.29) is 0 Å². The number of nitrogens with one attached hydrogen (secondary N) is 1. The first-order valence-electron chi connectivity index (χ1n) is 7.62. The largest absolute Gasteiger partial charge is 0.354 e. The van der Waals surface area contributed by atoms with E-state index in [2.05, 4.69) is 44.0 Å². The number of rotatable bonds is 5. The van der Waals surface area contributed by atoms with E-state index >= 15 is 0 Å². The van der Waals surface area contributed by atoms with Crippen molar-refractivity contribution in [2.24, 2.45) is 0 Å². The maximum Gasteiger partial charge on any atom is 0.151 e. The lowest BCUT2D eigenvalue weighted by Gasteiger charge is -2.33. The van der Waals surface area contributed by atoms with Crippen molar-refractivity contribution in [3.63, 3.8) is 0 Å². The molecule has 1 aliphatic heterocycles. The van der Waals surface area contributed by atoms with Gasteiger partial charge in [-0.3, -0.25) is 0 Å². The van der Waals surface area contributed by atoms with Gasteiger partial charge in [0.2, 0.25) is 0 Å². The molecule has 1 atom stereocenters. The molecule has 1 N–H and O–H groups in total. The Hall–Kier alpha value is -1.46. The van der Waals surface area contributed by atoms with Crippen LogP contribution < -0.4 is 10.2 Å². The summed E-state index contributed by atoms with van der Waals surface area (Å²) in [5, 5.41) is 14.3. The predicted molar refractivity (Wildman–Crippen MR) is 88.0 cm³/mol. The predicted octanol–water partition coefficient (Wildman–Crippen LogP) is 2.65. The summed E-state index contributed by atoms with van der Waals surface area (Å²) in [7, 11) is 0. The van der Waals surface area contributed by atoms with E-state index in [1.807, 2.05) is 24.3 Å².